The van der Waals surface area contributed by atoms with Crippen LogP contribution < -0.4 is 0 Å². The molecule has 0 aliphatic heterocycles. The topological polar surface area (TPSA) is 20.3 Å². The lowest BCUT2D eigenvalue weighted by molar-refractivity contribution is 0.0942. The van der Waals surface area contributed by atoms with Crippen molar-refractivity contribution in [3.8, 4) is 0 Å². The molecule has 0 fully saturated rings. The van der Waals surface area contributed by atoms with Gasteiger partial charge in [0.2, 0.25) is 0 Å². The van der Waals surface area contributed by atoms with Gasteiger partial charge in [0.25, 0.3) is 0 Å². The summed E-state index contributed by atoms with van der Waals surface area (Å²) >= 11 is 3.44. The van der Waals surface area contributed by atoms with Crippen molar-refractivity contribution >= 4 is 21.7 Å². The molecule has 2 rings (SSSR count). The summed E-state index contributed by atoms with van der Waals surface area (Å²) in [7, 11) is 1.98. The zero-order valence-corrected chi connectivity index (χ0v) is 15.9. The number of carbonyl (C=O) groups excluding carboxylic acids is 1. The van der Waals surface area contributed by atoms with E-state index in [1.807, 2.05) is 36.2 Å². The van der Waals surface area contributed by atoms with Crippen LogP contribution in [0.3, 0.4) is 0 Å². The lowest BCUT2D eigenvalue weighted by atomic mass is 9.87. The van der Waals surface area contributed by atoms with Crippen molar-refractivity contribution in [3.05, 3.63) is 69.7 Å². The molecule has 0 atom stereocenters. The van der Waals surface area contributed by atoms with Gasteiger partial charge in [0, 0.05) is 16.6 Å². The molecule has 2 aromatic carbocycles. The normalized spacial score (nSPS) is 11.7. The molecule has 0 aliphatic carbocycles. The van der Waals surface area contributed by atoms with Gasteiger partial charge in [-0.1, -0.05) is 79.2 Å². The Balaban J connectivity index is 1.98. The number of halogens is 1. The predicted molar refractivity (Wildman–Crippen MR) is 99.9 cm³/mol. The number of likely N-dealkylation sites (N-methyl/N-ethyl adjacent to an activating group) is 1. The maximum atomic E-state index is 12.4. The zero-order valence-electron chi connectivity index (χ0n) is 14.3. The second-order valence-electron chi connectivity index (χ2n) is 7.02. The summed E-state index contributed by atoms with van der Waals surface area (Å²) in [6.45, 7) is 7.81. The first-order valence-corrected chi connectivity index (χ1v) is 8.62. The summed E-state index contributed by atoms with van der Waals surface area (Å²) < 4.78 is 0.855. The molecule has 0 aromatic heterocycles. The van der Waals surface area contributed by atoms with Crippen molar-refractivity contribution in [1.29, 1.82) is 0 Å². The number of hydrogen-bond donors (Lipinski definition) is 0. The number of ketones is 1. The molecule has 0 radical (unpaired) electrons. The summed E-state index contributed by atoms with van der Waals surface area (Å²) in [4.78, 5) is 14.4. The van der Waals surface area contributed by atoms with Gasteiger partial charge >= 0.3 is 0 Å². The van der Waals surface area contributed by atoms with E-state index in [-0.39, 0.29) is 11.2 Å². The van der Waals surface area contributed by atoms with Crippen LogP contribution >= 0.6 is 15.9 Å². The van der Waals surface area contributed by atoms with Crippen LogP contribution in [0.1, 0.15) is 42.3 Å². The van der Waals surface area contributed by atoms with Gasteiger partial charge < -0.3 is 0 Å². The third kappa shape index (κ3) is 5.02. The Morgan fingerprint density at radius 2 is 1.65 bits per heavy atom. The molecule has 0 unspecified atom stereocenters. The molecule has 23 heavy (non-hydrogen) atoms. The second kappa shape index (κ2) is 7.41. The summed E-state index contributed by atoms with van der Waals surface area (Å²) in [6.07, 6.45) is 0. The second-order valence-corrected chi connectivity index (χ2v) is 7.88. The van der Waals surface area contributed by atoms with Crippen LogP contribution in [-0.2, 0) is 12.0 Å². The van der Waals surface area contributed by atoms with E-state index in [0.717, 1.165) is 16.6 Å². The lowest BCUT2D eigenvalue weighted by Gasteiger charge is -2.20. The molecular formula is C20H24BrNO. The van der Waals surface area contributed by atoms with Gasteiger partial charge in [-0.25, -0.2) is 0 Å². The number of carbonyl (C=O) groups is 1. The van der Waals surface area contributed by atoms with Gasteiger partial charge in [-0.05, 0) is 29.7 Å². The van der Waals surface area contributed by atoms with E-state index in [1.54, 1.807) is 0 Å². The molecule has 0 spiro atoms. The average molecular weight is 374 g/mol. The van der Waals surface area contributed by atoms with Crippen molar-refractivity contribution in [2.24, 2.45) is 0 Å². The number of benzene rings is 2. The molecule has 0 heterocycles. The van der Waals surface area contributed by atoms with Crippen LogP contribution in [0.5, 0.6) is 0 Å². The maximum Gasteiger partial charge on any atom is 0.177 e. The average Bonchev–Trinajstić information content (AvgIpc) is 2.47. The Bertz CT molecular complexity index is 671. The SMILES string of the molecule is CN(CC(=O)c1ccccc1Br)Cc1ccc(C(C)(C)C)cc1. The van der Waals surface area contributed by atoms with Gasteiger partial charge in [-0.3, -0.25) is 9.69 Å². The summed E-state index contributed by atoms with van der Waals surface area (Å²) in [5, 5.41) is 0. The molecule has 0 saturated heterocycles. The van der Waals surface area contributed by atoms with Gasteiger partial charge in [-0.15, -0.1) is 0 Å². The first kappa shape index (κ1) is 17.9. The molecule has 0 saturated carbocycles. The summed E-state index contributed by atoms with van der Waals surface area (Å²) in [6, 6.07) is 16.2. The Kier molecular flexibility index (Phi) is 5.77. The Hall–Kier alpha value is -1.45. The minimum absolute atomic E-state index is 0.131. The fourth-order valence-electron chi connectivity index (χ4n) is 2.50. The fourth-order valence-corrected chi connectivity index (χ4v) is 3.00. The first-order valence-electron chi connectivity index (χ1n) is 7.83. The van der Waals surface area contributed by atoms with Gasteiger partial charge in [0.1, 0.15) is 0 Å². The minimum Gasteiger partial charge on any atom is -0.295 e. The van der Waals surface area contributed by atoms with E-state index < -0.39 is 0 Å². The molecule has 3 heteroatoms. The lowest BCUT2D eigenvalue weighted by Crippen LogP contribution is -2.25. The van der Waals surface area contributed by atoms with Crippen molar-refractivity contribution in [2.75, 3.05) is 13.6 Å². The third-order valence-electron chi connectivity index (χ3n) is 3.86. The number of Topliss-reactive ketones (excluding diaryl/α,β-unsaturated/α-hetero) is 1. The molecule has 0 bridgehead atoms. The van der Waals surface area contributed by atoms with E-state index in [2.05, 4.69) is 61.0 Å². The van der Waals surface area contributed by atoms with Crippen LogP contribution in [0, 0.1) is 0 Å². The molecule has 0 aliphatic rings. The smallest absolute Gasteiger partial charge is 0.177 e. The van der Waals surface area contributed by atoms with E-state index in [1.165, 1.54) is 11.1 Å². The fraction of sp³-hybridized carbons (Fsp3) is 0.350. The van der Waals surface area contributed by atoms with Gasteiger partial charge in [0.05, 0.1) is 6.54 Å². The van der Waals surface area contributed by atoms with Crippen LogP contribution in [0.4, 0.5) is 0 Å². The quantitative estimate of drug-likeness (QED) is 0.682. The minimum atomic E-state index is 0.131. The zero-order chi connectivity index (χ0) is 17.0. The first-order chi connectivity index (χ1) is 10.8. The van der Waals surface area contributed by atoms with E-state index in [9.17, 15) is 4.79 Å². The highest BCUT2D eigenvalue weighted by Gasteiger charge is 2.14. The molecular weight excluding hydrogens is 350 g/mol. The largest absolute Gasteiger partial charge is 0.295 e. The van der Waals surface area contributed by atoms with E-state index in [0.29, 0.717) is 6.54 Å². The van der Waals surface area contributed by atoms with Crippen molar-refractivity contribution in [1.82, 2.24) is 4.90 Å². The summed E-state index contributed by atoms with van der Waals surface area (Å²) in [5.74, 6) is 0.131. The van der Waals surface area contributed by atoms with Crippen molar-refractivity contribution in [2.45, 2.75) is 32.7 Å². The van der Waals surface area contributed by atoms with Crippen molar-refractivity contribution in [3.63, 3.8) is 0 Å². The third-order valence-corrected chi connectivity index (χ3v) is 4.55. The molecule has 0 N–H and O–H groups in total. The Morgan fingerprint density at radius 1 is 1.04 bits per heavy atom. The molecule has 0 amide bonds. The van der Waals surface area contributed by atoms with Crippen LogP contribution in [0.25, 0.3) is 0 Å². The maximum absolute atomic E-state index is 12.4. The van der Waals surface area contributed by atoms with Gasteiger partial charge in [-0.2, -0.15) is 0 Å². The van der Waals surface area contributed by atoms with Gasteiger partial charge in [0.15, 0.2) is 5.78 Å². The Labute approximate surface area is 147 Å². The van der Waals surface area contributed by atoms with Crippen molar-refractivity contribution < 1.29 is 4.79 Å². The number of hydrogen-bond acceptors (Lipinski definition) is 2. The molecule has 2 nitrogen and oxygen atoms in total. The highest BCUT2D eigenvalue weighted by molar-refractivity contribution is 9.10. The summed E-state index contributed by atoms with van der Waals surface area (Å²) in [5.41, 5.74) is 3.45. The number of rotatable bonds is 5. The highest BCUT2D eigenvalue weighted by atomic mass is 79.9. The Morgan fingerprint density at radius 3 is 2.22 bits per heavy atom. The monoisotopic (exact) mass is 373 g/mol. The van der Waals surface area contributed by atoms with Crippen LogP contribution in [0.15, 0.2) is 53.0 Å². The van der Waals surface area contributed by atoms with E-state index >= 15 is 0 Å². The molecule has 2 aromatic rings. The predicted octanol–water partition coefficient (Wildman–Crippen LogP) is 5.06. The highest BCUT2D eigenvalue weighted by Crippen LogP contribution is 2.22. The van der Waals surface area contributed by atoms with Crippen LogP contribution in [0.2, 0.25) is 0 Å². The molecule has 122 valence electrons. The number of nitrogens with zero attached hydrogens (tertiary/aromatic N) is 1. The van der Waals surface area contributed by atoms with E-state index in [4.69, 9.17) is 0 Å². The van der Waals surface area contributed by atoms with Crippen LogP contribution in [-0.4, -0.2) is 24.3 Å². The standard InChI is InChI=1S/C20H24BrNO/c1-20(2,3)16-11-9-15(10-12-16)13-22(4)14-19(23)17-7-5-6-8-18(17)21/h5-12H,13-14H2,1-4H3.